The van der Waals surface area contributed by atoms with Gasteiger partial charge in [0.15, 0.2) is 13.1 Å². The Bertz CT molecular complexity index is 850. The fourth-order valence-electron chi connectivity index (χ4n) is 4.27. The van der Waals surface area contributed by atoms with Crippen molar-refractivity contribution < 1.29 is 19.2 Å². The number of carbonyl (C=O) groups is 2. The van der Waals surface area contributed by atoms with Gasteiger partial charge in [0.05, 0.1) is 19.3 Å². The van der Waals surface area contributed by atoms with Gasteiger partial charge in [-0.3, -0.25) is 9.59 Å². The van der Waals surface area contributed by atoms with Gasteiger partial charge in [0, 0.05) is 11.7 Å². The number of nitrogens with zero attached hydrogens (tertiary/aromatic N) is 1. The van der Waals surface area contributed by atoms with Crippen molar-refractivity contribution in [3.8, 4) is 5.75 Å². The molecule has 6 nitrogen and oxygen atoms in total. The van der Waals surface area contributed by atoms with Crippen LogP contribution in [-0.2, 0) is 9.59 Å². The van der Waals surface area contributed by atoms with Crippen LogP contribution in [0.5, 0.6) is 5.75 Å². The molecule has 2 aromatic rings. The van der Waals surface area contributed by atoms with E-state index in [0.717, 1.165) is 36.3 Å². The van der Waals surface area contributed by atoms with Crippen LogP contribution in [0.1, 0.15) is 39.0 Å². The summed E-state index contributed by atoms with van der Waals surface area (Å²) < 4.78 is 5.31. The highest BCUT2D eigenvalue weighted by Crippen LogP contribution is 2.27. The largest absolute Gasteiger partial charge is 0.495 e. The molecule has 3 rings (SSSR count). The van der Waals surface area contributed by atoms with Gasteiger partial charge in [-0.2, -0.15) is 0 Å². The molecule has 1 atom stereocenters. The maximum atomic E-state index is 13.4. The Labute approximate surface area is 185 Å². The number of carbonyl (C=O) groups excluding carboxylic acids is 2. The zero-order valence-corrected chi connectivity index (χ0v) is 18.6. The SMILES string of the molecule is CC[NH+](CC(=O)Nc1ccccc1OC)CC(=O)N(c1ccccc1)C1CCCCC1. The fraction of sp³-hybridized carbons (Fsp3) is 0.440. The van der Waals surface area contributed by atoms with Crippen LogP contribution in [0.4, 0.5) is 11.4 Å². The Balaban J connectivity index is 1.67. The summed E-state index contributed by atoms with van der Waals surface area (Å²) in [6.45, 7) is 3.22. The predicted molar refractivity (Wildman–Crippen MR) is 124 cm³/mol. The Morgan fingerprint density at radius 3 is 2.35 bits per heavy atom. The summed E-state index contributed by atoms with van der Waals surface area (Å²) in [6.07, 6.45) is 5.63. The quantitative estimate of drug-likeness (QED) is 0.651. The number of ether oxygens (including phenoxy) is 1. The summed E-state index contributed by atoms with van der Waals surface area (Å²) in [7, 11) is 1.58. The van der Waals surface area contributed by atoms with Crippen molar-refractivity contribution in [2.24, 2.45) is 0 Å². The molecule has 166 valence electrons. The number of methoxy groups -OCH3 is 1. The zero-order valence-electron chi connectivity index (χ0n) is 18.6. The van der Waals surface area contributed by atoms with E-state index in [9.17, 15) is 9.59 Å². The van der Waals surface area contributed by atoms with Crippen molar-refractivity contribution in [3.05, 3.63) is 54.6 Å². The third-order valence-corrected chi connectivity index (χ3v) is 5.94. The van der Waals surface area contributed by atoms with Crippen LogP contribution in [0.25, 0.3) is 0 Å². The standard InChI is InChI=1S/C25H33N3O3/c1-3-27(18-24(29)26-22-16-10-11-17-23(22)31-2)19-25(30)28(20-12-6-4-7-13-20)21-14-8-5-9-15-21/h4,6-7,10-13,16-17,21H,3,5,8-9,14-15,18-19H2,1-2H3,(H,26,29)/p+1. The lowest BCUT2D eigenvalue weighted by Gasteiger charge is -2.35. The second-order valence-corrected chi connectivity index (χ2v) is 8.10. The Kier molecular flexibility index (Phi) is 8.47. The van der Waals surface area contributed by atoms with E-state index in [-0.39, 0.29) is 24.4 Å². The Hall–Kier alpha value is -2.86. The lowest BCUT2D eigenvalue weighted by molar-refractivity contribution is -0.881. The molecule has 1 aliphatic carbocycles. The first-order valence-corrected chi connectivity index (χ1v) is 11.3. The van der Waals surface area contributed by atoms with Gasteiger partial charge >= 0.3 is 0 Å². The average Bonchev–Trinajstić information content (AvgIpc) is 2.80. The Morgan fingerprint density at radius 1 is 1.00 bits per heavy atom. The topological polar surface area (TPSA) is 63.1 Å². The number of likely N-dealkylation sites (N-methyl/N-ethyl adjacent to an activating group) is 1. The number of anilines is 2. The van der Waals surface area contributed by atoms with Gasteiger partial charge in [-0.05, 0) is 44.0 Å². The first-order chi connectivity index (χ1) is 15.1. The lowest BCUT2D eigenvalue weighted by atomic mass is 9.93. The minimum absolute atomic E-state index is 0.0834. The number of amides is 2. The van der Waals surface area contributed by atoms with E-state index in [4.69, 9.17) is 4.74 Å². The number of quaternary nitrogens is 1. The first kappa shape index (κ1) is 22.8. The molecular weight excluding hydrogens is 390 g/mol. The first-order valence-electron chi connectivity index (χ1n) is 11.3. The van der Waals surface area contributed by atoms with E-state index >= 15 is 0 Å². The third kappa shape index (κ3) is 6.31. The molecule has 0 aliphatic heterocycles. The molecular formula is C25H34N3O3+. The molecule has 2 aromatic carbocycles. The van der Waals surface area contributed by atoms with Gasteiger partial charge in [-0.1, -0.05) is 49.6 Å². The van der Waals surface area contributed by atoms with Crippen molar-refractivity contribution >= 4 is 23.2 Å². The second-order valence-electron chi connectivity index (χ2n) is 8.10. The summed E-state index contributed by atoms with van der Waals surface area (Å²) in [5.41, 5.74) is 1.60. The molecule has 0 heterocycles. The van der Waals surface area contributed by atoms with Crippen LogP contribution >= 0.6 is 0 Å². The highest BCUT2D eigenvalue weighted by Gasteiger charge is 2.29. The summed E-state index contributed by atoms with van der Waals surface area (Å²) in [5, 5.41) is 2.91. The Morgan fingerprint density at radius 2 is 1.68 bits per heavy atom. The molecule has 6 heteroatoms. The maximum absolute atomic E-state index is 13.4. The van der Waals surface area contributed by atoms with Crippen molar-refractivity contribution in [2.45, 2.75) is 45.1 Å². The smallest absolute Gasteiger partial charge is 0.282 e. The number of hydrogen-bond acceptors (Lipinski definition) is 3. The van der Waals surface area contributed by atoms with Crippen molar-refractivity contribution in [2.75, 3.05) is 37.0 Å². The van der Waals surface area contributed by atoms with Gasteiger partial charge in [0.1, 0.15) is 5.75 Å². The average molecular weight is 425 g/mol. The zero-order chi connectivity index (χ0) is 22.1. The molecule has 1 unspecified atom stereocenters. The third-order valence-electron chi connectivity index (χ3n) is 5.94. The van der Waals surface area contributed by atoms with Crippen LogP contribution < -0.4 is 19.9 Å². The van der Waals surface area contributed by atoms with Crippen LogP contribution in [0.3, 0.4) is 0 Å². The molecule has 2 amide bonds. The minimum atomic E-state index is -0.127. The maximum Gasteiger partial charge on any atom is 0.282 e. The molecule has 0 saturated heterocycles. The molecule has 1 aliphatic rings. The highest BCUT2D eigenvalue weighted by molar-refractivity contribution is 5.95. The number of para-hydroxylation sites is 3. The summed E-state index contributed by atoms with van der Waals surface area (Å²) in [5.74, 6) is 0.579. The molecule has 0 spiro atoms. The number of benzene rings is 2. The van der Waals surface area contributed by atoms with Gasteiger partial charge in [-0.25, -0.2) is 0 Å². The van der Waals surface area contributed by atoms with Crippen molar-refractivity contribution in [1.29, 1.82) is 0 Å². The van der Waals surface area contributed by atoms with E-state index in [1.165, 1.54) is 6.42 Å². The van der Waals surface area contributed by atoms with Gasteiger partial charge in [0.2, 0.25) is 0 Å². The molecule has 1 fully saturated rings. The molecule has 31 heavy (non-hydrogen) atoms. The van der Waals surface area contributed by atoms with Gasteiger partial charge < -0.3 is 19.9 Å². The van der Waals surface area contributed by atoms with Gasteiger partial charge in [0.25, 0.3) is 11.8 Å². The van der Waals surface area contributed by atoms with Crippen molar-refractivity contribution in [3.63, 3.8) is 0 Å². The number of hydrogen-bond donors (Lipinski definition) is 2. The molecule has 2 N–H and O–H groups in total. The van der Waals surface area contributed by atoms with Crippen LogP contribution in [0.2, 0.25) is 0 Å². The second kappa shape index (κ2) is 11.5. The number of nitrogens with one attached hydrogen (secondary N) is 2. The lowest BCUT2D eigenvalue weighted by Crippen LogP contribution is -3.14. The van der Waals surface area contributed by atoms with E-state index in [0.29, 0.717) is 24.5 Å². The number of rotatable bonds is 9. The molecule has 0 bridgehead atoms. The van der Waals surface area contributed by atoms with Crippen LogP contribution in [-0.4, -0.2) is 44.6 Å². The fourth-order valence-corrected chi connectivity index (χ4v) is 4.27. The van der Waals surface area contributed by atoms with E-state index in [1.807, 2.05) is 66.4 Å². The van der Waals surface area contributed by atoms with Crippen LogP contribution in [0, 0.1) is 0 Å². The predicted octanol–water partition coefficient (Wildman–Crippen LogP) is 2.90. The highest BCUT2D eigenvalue weighted by atomic mass is 16.5. The summed E-state index contributed by atoms with van der Waals surface area (Å²) in [6, 6.07) is 17.5. The van der Waals surface area contributed by atoms with E-state index < -0.39 is 0 Å². The van der Waals surface area contributed by atoms with Gasteiger partial charge in [-0.15, -0.1) is 0 Å². The molecule has 0 radical (unpaired) electrons. The minimum Gasteiger partial charge on any atom is -0.495 e. The molecule has 0 aromatic heterocycles. The normalized spacial score (nSPS) is 15.2. The van der Waals surface area contributed by atoms with Crippen molar-refractivity contribution in [1.82, 2.24) is 0 Å². The molecule has 1 saturated carbocycles. The van der Waals surface area contributed by atoms with E-state index in [2.05, 4.69) is 5.32 Å². The summed E-state index contributed by atoms with van der Waals surface area (Å²) in [4.78, 5) is 29.0. The van der Waals surface area contributed by atoms with Crippen LogP contribution in [0.15, 0.2) is 54.6 Å². The summed E-state index contributed by atoms with van der Waals surface area (Å²) >= 11 is 0. The monoisotopic (exact) mass is 424 g/mol. The van der Waals surface area contributed by atoms with E-state index in [1.54, 1.807) is 7.11 Å².